The summed E-state index contributed by atoms with van der Waals surface area (Å²) in [5.41, 5.74) is 2.92. The summed E-state index contributed by atoms with van der Waals surface area (Å²) in [4.78, 5) is 16.5. The number of pyridine rings is 1. The number of aromatic nitrogens is 2. The minimum absolute atomic E-state index is 0.00603. The zero-order valence-electron chi connectivity index (χ0n) is 12.9. The number of fused-ring (bicyclic) bond motifs is 3. The molecule has 0 radical (unpaired) electrons. The lowest BCUT2D eigenvalue weighted by Gasteiger charge is -2.34. The van der Waals surface area contributed by atoms with Crippen LogP contribution in [0.2, 0.25) is 0 Å². The monoisotopic (exact) mass is 320 g/mol. The van der Waals surface area contributed by atoms with Crippen molar-refractivity contribution >= 4 is 16.7 Å². The van der Waals surface area contributed by atoms with Crippen LogP contribution in [0.4, 0.5) is 0 Å². The molecule has 5 heteroatoms. The number of nitrogens with zero attached hydrogens (tertiary/aromatic N) is 2. The summed E-state index contributed by atoms with van der Waals surface area (Å²) in [5.74, 6) is -0.0265. The molecule has 2 N–H and O–H groups in total. The van der Waals surface area contributed by atoms with Crippen LogP contribution in [0.5, 0.6) is 11.8 Å². The fourth-order valence-electron chi connectivity index (χ4n) is 4.34. The maximum absolute atomic E-state index is 12.2. The van der Waals surface area contributed by atoms with Gasteiger partial charge in [0.25, 0.3) is 0 Å². The van der Waals surface area contributed by atoms with Crippen molar-refractivity contribution in [2.24, 2.45) is 0 Å². The molecule has 0 amide bonds. The standard InChI is InChI=1S/C19H16N2O3/c22-15-9-11-3-5-13(15)17-16(11)18(23)21(19(17)24)12-4-6-14-10(8-12)2-1-7-20-14/h1-2,4,6-8,11,13,23-24H,3,5,9H2/t11-,13+/m0/s1. The van der Waals surface area contributed by atoms with Gasteiger partial charge in [-0.3, -0.25) is 14.3 Å². The maximum atomic E-state index is 12.2. The molecule has 1 saturated carbocycles. The van der Waals surface area contributed by atoms with Crippen LogP contribution < -0.4 is 0 Å². The number of ketones is 1. The number of aromatic hydroxyl groups is 2. The van der Waals surface area contributed by atoms with Crippen LogP contribution in [-0.4, -0.2) is 25.5 Å². The lowest BCUT2D eigenvalue weighted by molar-refractivity contribution is -0.123. The van der Waals surface area contributed by atoms with E-state index in [1.807, 2.05) is 30.3 Å². The van der Waals surface area contributed by atoms with Gasteiger partial charge in [-0.25, -0.2) is 0 Å². The Morgan fingerprint density at radius 2 is 1.92 bits per heavy atom. The molecule has 3 aromatic rings. The lowest BCUT2D eigenvalue weighted by atomic mass is 9.67. The van der Waals surface area contributed by atoms with Crippen molar-refractivity contribution < 1.29 is 15.0 Å². The quantitative estimate of drug-likeness (QED) is 0.721. The van der Waals surface area contributed by atoms with E-state index in [2.05, 4.69) is 4.98 Å². The molecule has 0 spiro atoms. The highest BCUT2D eigenvalue weighted by atomic mass is 16.3. The predicted molar refractivity (Wildman–Crippen MR) is 88.7 cm³/mol. The lowest BCUT2D eigenvalue weighted by Crippen LogP contribution is -2.28. The number of carbonyl (C=O) groups excluding carboxylic acids is 1. The Bertz CT molecular complexity index is 1010. The van der Waals surface area contributed by atoms with E-state index in [1.54, 1.807) is 6.20 Å². The Kier molecular flexibility index (Phi) is 2.61. The Labute approximate surface area is 138 Å². The van der Waals surface area contributed by atoms with Crippen molar-refractivity contribution in [3.8, 4) is 17.4 Å². The Morgan fingerprint density at radius 1 is 1.08 bits per heavy atom. The summed E-state index contributed by atoms with van der Waals surface area (Å²) in [6.07, 6.45) is 3.85. The van der Waals surface area contributed by atoms with Crippen LogP contribution in [0.3, 0.4) is 0 Å². The highest BCUT2D eigenvalue weighted by Gasteiger charge is 2.45. The van der Waals surface area contributed by atoms with E-state index in [4.69, 9.17) is 0 Å². The Morgan fingerprint density at radius 3 is 2.75 bits per heavy atom. The molecular formula is C19H16N2O3. The smallest absolute Gasteiger partial charge is 0.202 e. The second-order valence-electron chi connectivity index (χ2n) is 6.69. The number of hydrogen-bond acceptors (Lipinski definition) is 4. The maximum Gasteiger partial charge on any atom is 0.202 e. The number of Topliss-reactive ketones (excluding diaryl/α,β-unsaturated/α-hetero) is 1. The van der Waals surface area contributed by atoms with E-state index in [9.17, 15) is 15.0 Å². The van der Waals surface area contributed by atoms with Crippen LogP contribution in [0.25, 0.3) is 16.6 Å². The fourth-order valence-corrected chi connectivity index (χ4v) is 4.34. The van der Waals surface area contributed by atoms with Crippen molar-refractivity contribution in [1.82, 2.24) is 9.55 Å². The molecule has 2 bridgehead atoms. The van der Waals surface area contributed by atoms with E-state index in [0.717, 1.165) is 29.3 Å². The van der Waals surface area contributed by atoms with E-state index >= 15 is 0 Å². The molecule has 3 aliphatic carbocycles. The van der Waals surface area contributed by atoms with Gasteiger partial charge in [0.05, 0.1) is 11.2 Å². The normalized spacial score (nSPS) is 22.1. The zero-order valence-corrected chi connectivity index (χ0v) is 12.9. The van der Waals surface area contributed by atoms with Gasteiger partial charge in [0, 0.05) is 35.0 Å². The third kappa shape index (κ3) is 1.64. The molecule has 0 aliphatic heterocycles. The van der Waals surface area contributed by atoms with Gasteiger partial charge in [-0.2, -0.15) is 0 Å². The van der Waals surface area contributed by atoms with Crippen molar-refractivity contribution in [1.29, 1.82) is 0 Å². The molecular weight excluding hydrogens is 304 g/mol. The molecule has 1 fully saturated rings. The summed E-state index contributed by atoms with van der Waals surface area (Å²) >= 11 is 0. The minimum Gasteiger partial charge on any atom is -0.494 e. The first-order valence-corrected chi connectivity index (χ1v) is 8.19. The minimum atomic E-state index is -0.278. The van der Waals surface area contributed by atoms with E-state index in [-0.39, 0.29) is 29.4 Å². The summed E-state index contributed by atoms with van der Waals surface area (Å²) in [6.45, 7) is 0. The number of benzene rings is 1. The Hall–Kier alpha value is -2.82. The van der Waals surface area contributed by atoms with E-state index in [0.29, 0.717) is 17.7 Å². The van der Waals surface area contributed by atoms with Gasteiger partial charge in [-0.1, -0.05) is 6.07 Å². The first kappa shape index (κ1) is 13.6. The number of carbonyl (C=O) groups is 1. The average molecular weight is 320 g/mol. The molecule has 5 nitrogen and oxygen atoms in total. The van der Waals surface area contributed by atoms with Crippen LogP contribution in [-0.2, 0) is 4.79 Å². The average Bonchev–Trinajstić information content (AvgIpc) is 2.88. The molecule has 3 aliphatic rings. The summed E-state index contributed by atoms with van der Waals surface area (Å²) in [7, 11) is 0. The Balaban J connectivity index is 1.76. The molecule has 2 atom stereocenters. The van der Waals surface area contributed by atoms with Gasteiger partial charge in [0.2, 0.25) is 11.8 Å². The third-order valence-corrected chi connectivity index (χ3v) is 5.44. The molecule has 24 heavy (non-hydrogen) atoms. The molecule has 0 unspecified atom stereocenters. The van der Waals surface area contributed by atoms with Gasteiger partial charge in [-0.15, -0.1) is 0 Å². The van der Waals surface area contributed by atoms with E-state index in [1.165, 1.54) is 4.57 Å². The van der Waals surface area contributed by atoms with Gasteiger partial charge >= 0.3 is 0 Å². The van der Waals surface area contributed by atoms with Crippen LogP contribution >= 0.6 is 0 Å². The molecule has 6 rings (SSSR count). The van der Waals surface area contributed by atoms with Crippen molar-refractivity contribution in [2.45, 2.75) is 31.1 Å². The second kappa shape index (κ2) is 4.60. The van der Waals surface area contributed by atoms with Gasteiger partial charge < -0.3 is 10.2 Å². The van der Waals surface area contributed by atoms with Crippen molar-refractivity contribution in [2.75, 3.05) is 0 Å². The highest BCUT2D eigenvalue weighted by Crippen LogP contribution is 2.55. The zero-order chi connectivity index (χ0) is 16.4. The highest BCUT2D eigenvalue weighted by molar-refractivity contribution is 5.91. The van der Waals surface area contributed by atoms with Crippen LogP contribution in [0.15, 0.2) is 36.5 Å². The molecule has 120 valence electrons. The molecule has 2 heterocycles. The van der Waals surface area contributed by atoms with Gasteiger partial charge in [0.1, 0.15) is 5.78 Å². The van der Waals surface area contributed by atoms with Crippen LogP contribution in [0, 0.1) is 0 Å². The van der Waals surface area contributed by atoms with Crippen molar-refractivity contribution in [3.05, 3.63) is 47.7 Å². The second-order valence-corrected chi connectivity index (χ2v) is 6.69. The number of hydrogen-bond donors (Lipinski definition) is 2. The first-order chi connectivity index (χ1) is 11.6. The topological polar surface area (TPSA) is 75.3 Å². The van der Waals surface area contributed by atoms with E-state index < -0.39 is 0 Å². The van der Waals surface area contributed by atoms with Crippen molar-refractivity contribution in [3.63, 3.8) is 0 Å². The summed E-state index contributed by atoms with van der Waals surface area (Å²) in [6, 6.07) is 9.37. The largest absolute Gasteiger partial charge is 0.494 e. The third-order valence-electron chi connectivity index (χ3n) is 5.44. The molecule has 1 aromatic carbocycles. The first-order valence-electron chi connectivity index (χ1n) is 8.19. The predicted octanol–water partition coefficient (Wildman–Crippen LogP) is 3.37. The van der Waals surface area contributed by atoms with Gasteiger partial charge in [0.15, 0.2) is 0 Å². The molecule has 0 saturated heterocycles. The van der Waals surface area contributed by atoms with Gasteiger partial charge in [-0.05, 0) is 43.0 Å². The molecule has 2 aromatic heterocycles. The number of rotatable bonds is 1. The summed E-state index contributed by atoms with van der Waals surface area (Å²) < 4.78 is 1.46. The summed E-state index contributed by atoms with van der Waals surface area (Å²) in [5, 5.41) is 22.5. The fraction of sp³-hybridized carbons (Fsp3) is 0.263. The van der Waals surface area contributed by atoms with Crippen LogP contribution in [0.1, 0.15) is 42.2 Å². The SMILES string of the molecule is O=C1C[C@@H]2CC[C@H]1c1c2c(O)n(-c2ccc3ncccc3c2)c1O.